The van der Waals surface area contributed by atoms with Crippen LogP contribution < -0.4 is 0 Å². The molecule has 3 fully saturated rings. The summed E-state index contributed by atoms with van der Waals surface area (Å²) in [5, 5.41) is 0. The van der Waals surface area contributed by atoms with Crippen LogP contribution in [-0.4, -0.2) is 53.3 Å². The highest BCUT2D eigenvalue weighted by molar-refractivity contribution is 5.23. The SMILES string of the molecule is CC1C[N+]2(Cc3ccc(CC(C)(C)C)cc3)CC[N+]1(C(C)(C)C)CC2. The molecule has 3 aliphatic heterocycles. The van der Waals surface area contributed by atoms with Crippen LogP contribution in [0.5, 0.6) is 0 Å². The first-order chi connectivity index (χ1) is 11.4. The van der Waals surface area contributed by atoms with Crippen molar-refractivity contribution in [3.05, 3.63) is 35.4 Å². The van der Waals surface area contributed by atoms with Crippen LogP contribution in [0.2, 0.25) is 0 Å². The standard InChI is InChI=1S/C23H40N2/c1-19-17-24(12-14-25(19,15-13-24)23(5,6)7)18-21-10-8-20(9-11-21)16-22(2,3)4/h8-11,19H,12-18H2,1-7H3/q+2. The van der Waals surface area contributed by atoms with Gasteiger partial charge in [0.1, 0.15) is 45.3 Å². The molecule has 0 amide bonds. The summed E-state index contributed by atoms with van der Waals surface area (Å²) in [6.45, 7) is 24.8. The summed E-state index contributed by atoms with van der Waals surface area (Å²) < 4.78 is 2.65. The average molecular weight is 345 g/mol. The molecule has 2 heteroatoms. The van der Waals surface area contributed by atoms with E-state index < -0.39 is 0 Å². The van der Waals surface area contributed by atoms with Crippen LogP contribution in [0.3, 0.4) is 0 Å². The zero-order chi connectivity index (χ0) is 18.5. The number of piperazine rings is 3. The second-order valence-electron chi connectivity index (χ2n) is 11.2. The smallest absolute Gasteiger partial charge is 0.137 e. The van der Waals surface area contributed by atoms with Gasteiger partial charge >= 0.3 is 0 Å². The molecule has 0 aromatic heterocycles. The molecule has 4 rings (SSSR count). The molecule has 1 aromatic rings. The maximum absolute atomic E-state index is 2.50. The lowest BCUT2D eigenvalue weighted by Crippen LogP contribution is -2.82. The van der Waals surface area contributed by atoms with E-state index in [0.717, 1.165) is 12.5 Å². The molecule has 1 atom stereocenters. The number of hydrogen-bond donors (Lipinski definition) is 0. The van der Waals surface area contributed by atoms with E-state index in [2.05, 4.69) is 72.7 Å². The van der Waals surface area contributed by atoms with E-state index in [1.54, 1.807) is 0 Å². The van der Waals surface area contributed by atoms with Gasteiger partial charge < -0.3 is 8.97 Å². The summed E-state index contributed by atoms with van der Waals surface area (Å²) in [5.74, 6) is 0. The van der Waals surface area contributed by atoms with Crippen molar-refractivity contribution in [1.29, 1.82) is 0 Å². The summed E-state index contributed by atoms with van der Waals surface area (Å²) in [6, 6.07) is 10.3. The summed E-state index contributed by atoms with van der Waals surface area (Å²) in [7, 11) is 0. The number of fused-ring (bicyclic) bond motifs is 3. The predicted octanol–water partition coefficient (Wildman–Crippen LogP) is 4.62. The van der Waals surface area contributed by atoms with Crippen molar-refractivity contribution in [3.8, 4) is 0 Å². The van der Waals surface area contributed by atoms with Crippen molar-refractivity contribution >= 4 is 0 Å². The van der Waals surface area contributed by atoms with Crippen molar-refractivity contribution in [3.63, 3.8) is 0 Å². The molecule has 1 unspecified atom stereocenters. The van der Waals surface area contributed by atoms with Crippen LogP contribution in [-0.2, 0) is 13.0 Å². The summed E-state index contributed by atoms with van der Waals surface area (Å²) in [6.07, 6.45) is 1.16. The van der Waals surface area contributed by atoms with Gasteiger partial charge in [-0.05, 0) is 45.1 Å². The monoisotopic (exact) mass is 344 g/mol. The van der Waals surface area contributed by atoms with E-state index in [4.69, 9.17) is 0 Å². The van der Waals surface area contributed by atoms with Gasteiger partial charge in [0.05, 0.1) is 5.54 Å². The van der Waals surface area contributed by atoms with E-state index in [1.807, 2.05) is 0 Å². The van der Waals surface area contributed by atoms with E-state index in [0.29, 0.717) is 11.0 Å². The van der Waals surface area contributed by atoms with Crippen LogP contribution in [0.1, 0.15) is 59.6 Å². The van der Waals surface area contributed by atoms with Crippen molar-refractivity contribution < 1.29 is 8.97 Å². The van der Waals surface area contributed by atoms with E-state index in [-0.39, 0.29) is 0 Å². The number of hydrogen-bond acceptors (Lipinski definition) is 0. The van der Waals surface area contributed by atoms with Crippen molar-refractivity contribution in [2.24, 2.45) is 5.41 Å². The van der Waals surface area contributed by atoms with Crippen LogP contribution in [0.15, 0.2) is 24.3 Å². The lowest BCUT2D eigenvalue weighted by atomic mass is 9.87. The molecule has 0 aliphatic carbocycles. The third-order valence-electron chi connectivity index (χ3n) is 7.05. The van der Waals surface area contributed by atoms with Gasteiger partial charge in [0.25, 0.3) is 0 Å². The van der Waals surface area contributed by atoms with Crippen molar-refractivity contribution in [2.75, 3.05) is 32.7 Å². The summed E-state index contributed by atoms with van der Waals surface area (Å²) in [4.78, 5) is 0. The molecule has 0 N–H and O–H groups in total. The van der Waals surface area contributed by atoms with E-state index >= 15 is 0 Å². The molecule has 3 heterocycles. The number of quaternary nitrogens is 2. The minimum absolute atomic E-state index is 0.368. The van der Waals surface area contributed by atoms with Gasteiger partial charge in [-0.3, -0.25) is 0 Å². The quantitative estimate of drug-likeness (QED) is 0.702. The van der Waals surface area contributed by atoms with Gasteiger partial charge in [0.15, 0.2) is 0 Å². The third kappa shape index (κ3) is 3.66. The zero-order valence-electron chi connectivity index (χ0n) is 17.7. The average Bonchev–Trinajstić information content (AvgIpc) is 2.47. The second kappa shape index (κ2) is 6.09. The molecule has 1 aromatic carbocycles. The molecular formula is C23H40N2+2. The van der Waals surface area contributed by atoms with Crippen LogP contribution in [0.25, 0.3) is 0 Å². The minimum atomic E-state index is 0.368. The summed E-state index contributed by atoms with van der Waals surface area (Å²) in [5.41, 5.74) is 3.75. The molecule has 25 heavy (non-hydrogen) atoms. The highest BCUT2D eigenvalue weighted by Crippen LogP contribution is 2.39. The molecule has 140 valence electrons. The Morgan fingerprint density at radius 3 is 1.80 bits per heavy atom. The Labute approximate surface area is 156 Å². The fourth-order valence-electron chi connectivity index (χ4n) is 5.66. The van der Waals surface area contributed by atoms with Crippen molar-refractivity contribution in [2.45, 2.75) is 73.0 Å². The van der Waals surface area contributed by atoms with Gasteiger partial charge in [-0.15, -0.1) is 0 Å². The first-order valence-electron chi connectivity index (χ1n) is 10.2. The van der Waals surface area contributed by atoms with Crippen LogP contribution in [0.4, 0.5) is 0 Å². The van der Waals surface area contributed by atoms with Crippen LogP contribution >= 0.6 is 0 Å². The molecule has 3 aliphatic rings. The highest BCUT2D eigenvalue weighted by Gasteiger charge is 2.58. The normalized spacial score (nSPS) is 32.8. The summed E-state index contributed by atoms with van der Waals surface area (Å²) >= 11 is 0. The Morgan fingerprint density at radius 2 is 1.36 bits per heavy atom. The lowest BCUT2D eigenvalue weighted by molar-refractivity contribution is -1.12. The Bertz CT molecular complexity index is 592. The largest absolute Gasteiger partial charge is 0.306 e. The first-order valence-corrected chi connectivity index (χ1v) is 10.2. The molecular weight excluding hydrogens is 304 g/mol. The zero-order valence-corrected chi connectivity index (χ0v) is 17.7. The highest BCUT2D eigenvalue weighted by atomic mass is 15.6. The topological polar surface area (TPSA) is 0 Å². The minimum Gasteiger partial charge on any atom is -0.306 e. The number of rotatable bonds is 3. The molecule has 0 spiro atoms. The van der Waals surface area contributed by atoms with Gasteiger partial charge in [-0.25, -0.2) is 0 Å². The maximum Gasteiger partial charge on any atom is 0.137 e. The second-order valence-corrected chi connectivity index (χ2v) is 11.2. The molecule has 0 saturated carbocycles. The Balaban J connectivity index is 1.71. The predicted molar refractivity (Wildman–Crippen MR) is 107 cm³/mol. The first kappa shape index (κ1) is 18.9. The van der Waals surface area contributed by atoms with Gasteiger partial charge in [-0.2, -0.15) is 0 Å². The third-order valence-corrected chi connectivity index (χ3v) is 7.05. The van der Waals surface area contributed by atoms with Gasteiger partial charge in [-0.1, -0.05) is 45.0 Å². The maximum atomic E-state index is 2.50. The molecule has 0 radical (unpaired) electrons. The molecule has 2 nitrogen and oxygen atoms in total. The fourth-order valence-corrected chi connectivity index (χ4v) is 5.66. The Morgan fingerprint density at radius 1 is 0.840 bits per heavy atom. The van der Waals surface area contributed by atoms with E-state index in [1.165, 1.54) is 59.4 Å². The number of nitrogens with zero attached hydrogens (tertiary/aromatic N) is 2. The fraction of sp³-hybridized carbons (Fsp3) is 0.739. The van der Waals surface area contributed by atoms with Crippen molar-refractivity contribution in [1.82, 2.24) is 0 Å². The Hall–Kier alpha value is -0.860. The van der Waals surface area contributed by atoms with Crippen LogP contribution in [0, 0.1) is 5.41 Å². The molecule has 3 saturated heterocycles. The van der Waals surface area contributed by atoms with E-state index in [9.17, 15) is 0 Å². The number of benzene rings is 1. The molecule has 2 bridgehead atoms. The lowest BCUT2D eigenvalue weighted by Gasteiger charge is -2.63. The van der Waals surface area contributed by atoms with Gasteiger partial charge in [0, 0.05) is 5.56 Å². The van der Waals surface area contributed by atoms with Gasteiger partial charge in [0.2, 0.25) is 0 Å². The Kier molecular flexibility index (Phi) is 4.61.